The number of anilines is 1. The van der Waals surface area contributed by atoms with E-state index in [4.69, 9.17) is 16.7 Å². The summed E-state index contributed by atoms with van der Waals surface area (Å²) in [5, 5.41) is 11.9. The highest BCUT2D eigenvalue weighted by Gasteiger charge is 2.14. The van der Waals surface area contributed by atoms with Gasteiger partial charge in [-0.3, -0.25) is 0 Å². The molecule has 0 radical (unpaired) electrons. The van der Waals surface area contributed by atoms with Gasteiger partial charge in [0.15, 0.2) is 0 Å². The zero-order valence-electron chi connectivity index (χ0n) is 11.6. The van der Waals surface area contributed by atoms with Gasteiger partial charge >= 0.3 is 12.0 Å². The molecule has 0 fully saturated rings. The van der Waals surface area contributed by atoms with E-state index >= 15 is 0 Å². The molecule has 2 amide bonds. The summed E-state index contributed by atoms with van der Waals surface area (Å²) in [5.74, 6) is -1.06. The summed E-state index contributed by atoms with van der Waals surface area (Å²) < 4.78 is 0. The van der Waals surface area contributed by atoms with E-state index in [2.05, 4.69) is 5.32 Å². The molecule has 20 heavy (non-hydrogen) atoms. The van der Waals surface area contributed by atoms with E-state index in [0.717, 1.165) is 12.8 Å². The van der Waals surface area contributed by atoms with Crippen molar-refractivity contribution in [3.8, 4) is 0 Å². The van der Waals surface area contributed by atoms with Crippen molar-refractivity contribution in [2.24, 2.45) is 0 Å². The quantitative estimate of drug-likeness (QED) is 0.841. The molecule has 0 aromatic heterocycles. The summed E-state index contributed by atoms with van der Waals surface area (Å²) in [5.41, 5.74) is 0.399. The Bertz CT molecular complexity index is 485. The third kappa shape index (κ3) is 4.42. The highest BCUT2D eigenvalue weighted by Crippen LogP contribution is 2.23. The molecule has 1 aromatic rings. The van der Waals surface area contributed by atoms with E-state index in [-0.39, 0.29) is 11.6 Å². The smallest absolute Gasteiger partial charge is 0.335 e. The number of nitrogens with one attached hydrogen (secondary N) is 1. The van der Waals surface area contributed by atoms with Crippen LogP contribution in [-0.4, -0.2) is 35.1 Å². The maximum Gasteiger partial charge on any atom is 0.335 e. The summed E-state index contributed by atoms with van der Waals surface area (Å²) in [4.78, 5) is 24.7. The predicted octanol–water partition coefficient (Wildman–Crippen LogP) is 3.69. The van der Waals surface area contributed by atoms with Gasteiger partial charge in [0.25, 0.3) is 0 Å². The minimum Gasteiger partial charge on any atom is -0.478 e. The molecular weight excluding hydrogens is 280 g/mol. The van der Waals surface area contributed by atoms with Gasteiger partial charge in [-0.05, 0) is 31.0 Å². The molecule has 0 bridgehead atoms. The highest BCUT2D eigenvalue weighted by molar-refractivity contribution is 6.33. The van der Waals surface area contributed by atoms with Crippen molar-refractivity contribution < 1.29 is 14.7 Å². The number of carbonyl (C=O) groups is 2. The summed E-state index contributed by atoms with van der Waals surface area (Å²) in [6.07, 6.45) is 1.71. The number of nitrogens with zero attached hydrogens (tertiary/aromatic N) is 1. The van der Waals surface area contributed by atoms with Crippen LogP contribution in [0.3, 0.4) is 0 Å². The molecular formula is C14H19ClN2O3. The second kappa shape index (κ2) is 7.75. The molecule has 0 aliphatic heterocycles. The van der Waals surface area contributed by atoms with E-state index in [1.165, 1.54) is 18.2 Å². The number of carboxylic acid groups (broad SMARTS) is 1. The molecule has 0 saturated carbocycles. The van der Waals surface area contributed by atoms with E-state index in [1.807, 2.05) is 13.8 Å². The molecule has 5 nitrogen and oxygen atoms in total. The van der Waals surface area contributed by atoms with Gasteiger partial charge in [-0.15, -0.1) is 0 Å². The lowest BCUT2D eigenvalue weighted by atomic mass is 10.2. The third-order valence-electron chi connectivity index (χ3n) is 2.73. The van der Waals surface area contributed by atoms with Crippen LogP contribution in [0.1, 0.15) is 37.0 Å². The number of hydrogen-bond donors (Lipinski definition) is 2. The zero-order valence-corrected chi connectivity index (χ0v) is 12.4. The Morgan fingerprint density at radius 2 is 1.85 bits per heavy atom. The fourth-order valence-corrected chi connectivity index (χ4v) is 1.97. The van der Waals surface area contributed by atoms with Crippen LogP contribution in [0.4, 0.5) is 10.5 Å². The Balaban J connectivity index is 2.87. The molecule has 1 rings (SSSR count). The van der Waals surface area contributed by atoms with Crippen LogP contribution in [0.2, 0.25) is 5.02 Å². The fraction of sp³-hybridized carbons (Fsp3) is 0.429. The molecule has 1 aromatic carbocycles. The van der Waals surface area contributed by atoms with Gasteiger partial charge in [0.05, 0.1) is 16.3 Å². The summed E-state index contributed by atoms with van der Waals surface area (Å²) >= 11 is 5.98. The van der Waals surface area contributed by atoms with Crippen LogP contribution in [-0.2, 0) is 0 Å². The average molecular weight is 299 g/mol. The lowest BCUT2D eigenvalue weighted by Crippen LogP contribution is -2.36. The zero-order chi connectivity index (χ0) is 15.1. The lowest BCUT2D eigenvalue weighted by molar-refractivity contribution is 0.0697. The van der Waals surface area contributed by atoms with Crippen molar-refractivity contribution in [2.45, 2.75) is 26.7 Å². The van der Waals surface area contributed by atoms with Crippen LogP contribution < -0.4 is 5.32 Å². The van der Waals surface area contributed by atoms with Crippen LogP contribution in [0.25, 0.3) is 0 Å². The van der Waals surface area contributed by atoms with Gasteiger partial charge in [-0.1, -0.05) is 25.4 Å². The Hall–Kier alpha value is -1.75. The SMILES string of the molecule is CCCN(CCC)C(=O)Nc1cc(C(=O)O)ccc1Cl. The first-order valence-corrected chi connectivity index (χ1v) is 6.96. The monoisotopic (exact) mass is 298 g/mol. The molecule has 0 heterocycles. The lowest BCUT2D eigenvalue weighted by Gasteiger charge is -2.22. The normalized spacial score (nSPS) is 10.2. The first-order valence-electron chi connectivity index (χ1n) is 6.58. The summed E-state index contributed by atoms with van der Waals surface area (Å²) in [6.45, 7) is 5.29. The Morgan fingerprint density at radius 1 is 1.25 bits per heavy atom. The van der Waals surface area contributed by atoms with Crippen LogP contribution >= 0.6 is 11.6 Å². The number of benzene rings is 1. The van der Waals surface area contributed by atoms with E-state index < -0.39 is 5.97 Å². The summed E-state index contributed by atoms with van der Waals surface area (Å²) in [6, 6.07) is 3.96. The Kier molecular flexibility index (Phi) is 6.31. The number of carboxylic acids is 1. The third-order valence-corrected chi connectivity index (χ3v) is 3.06. The highest BCUT2D eigenvalue weighted by atomic mass is 35.5. The number of amides is 2. The predicted molar refractivity (Wildman–Crippen MR) is 79.6 cm³/mol. The minimum absolute atomic E-state index is 0.0854. The second-order valence-electron chi connectivity index (χ2n) is 4.42. The van der Waals surface area contributed by atoms with Gasteiger partial charge < -0.3 is 15.3 Å². The molecule has 0 spiro atoms. The van der Waals surface area contributed by atoms with Gasteiger partial charge in [-0.2, -0.15) is 0 Å². The topological polar surface area (TPSA) is 69.6 Å². The van der Waals surface area contributed by atoms with Crippen LogP contribution in [0.15, 0.2) is 18.2 Å². The molecule has 2 N–H and O–H groups in total. The number of urea groups is 1. The molecule has 6 heteroatoms. The molecule has 0 saturated heterocycles. The van der Waals surface area contributed by atoms with Crippen molar-refractivity contribution in [3.63, 3.8) is 0 Å². The van der Waals surface area contributed by atoms with Crippen molar-refractivity contribution in [1.29, 1.82) is 0 Å². The number of halogens is 1. The maximum absolute atomic E-state index is 12.1. The van der Waals surface area contributed by atoms with Gasteiger partial charge in [-0.25, -0.2) is 9.59 Å². The van der Waals surface area contributed by atoms with Crippen molar-refractivity contribution in [1.82, 2.24) is 4.90 Å². The standard InChI is InChI=1S/C14H19ClN2O3/c1-3-7-17(8-4-2)14(20)16-12-9-10(13(18)19)5-6-11(12)15/h5-6,9H,3-4,7-8H2,1-2H3,(H,16,20)(H,18,19). The fourth-order valence-electron chi connectivity index (χ4n) is 1.80. The molecule has 110 valence electrons. The van der Waals surface area contributed by atoms with Crippen molar-refractivity contribution in [2.75, 3.05) is 18.4 Å². The van der Waals surface area contributed by atoms with Crippen LogP contribution in [0, 0.1) is 0 Å². The van der Waals surface area contributed by atoms with E-state index in [1.54, 1.807) is 4.90 Å². The van der Waals surface area contributed by atoms with Gasteiger partial charge in [0, 0.05) is 13.1 Å². The Labute approximate surface area is 123 Å². The van der Waals surface area contributed by atoms with Crippen LogP contribution in [0.5, 0.6) is 0 Å². The average Bonchev–Trinajstić information content (AvgIpc) is 2.40. The number of hydrogen-bond acceptors (Lipinski definition) is 2. The molecule has 0 atom stereocenters. The first-order chi connectivity index (χ1) is 9.49. The molecule has 0 aliphatic rings. The second-order valence-corrected chi connectivity index (χ2v) is 4.82. The number of carbonyl (C=O) groups excluding carboxylic acids is 1. The number of aromatic carboxylic acids is 1. The first kappa shape index (κ1) is 16.3. The largest absolute Gasteiger partial charge is 0.478 e. The maximum atomic E-state index is 12.1. The minimum atomic E-state index is -1.06. The van der Waals surface area contributed by atoms with Gasteiger partial charge in [0.2, 0.25) is 0 Å². The van der Waals surface area contributed by atoms with E-state index in [0.29, 0.717) is 23.8 Å². The van der Waals surface area contributed by atoms with Gasteiger partial charge in [0.1, 0.15) is 0 Å². The molecule has 0 aliphatic carbocycles. The van der Waals surface area contributed by atoms with Crippen molar-refractivity contribution >= 4 is 29.3 Å². The van der Waals surface area contributed by atoms with Crippen molar-refractivity contribution in [3.05, 3.63) is 28.8 Å². The number of rotatable bonds is 6. The summed E-state index contributed by atoms with van der Waals surface area (Å²) in [7, 11) is 0. The Morgan fingerprint density at radius 3 is 2.35 bits per heavy atom. The molecule has 0 unspecified atom stereocenters. The van der Waals surface area contributed by atoms with E-state index in [9.17, 15) is 9.59 Å².